The lowest BCUT2D eigenvalue weighted by Gasteiger charge is -2.23. The van der Waals surface area contributed by atoms with Gasteiger partial charge in [0.05, 0.1) is 22.1 Å². The number of carbonyl (C=O) groups is 1. The minimum Gasteiger partial charge on any atom is -0.545 e. The van der Waals surface area contributed by atoms with Crippen LogP contribution in [0.1, 0.15) is 40.0 Å². The van der Waals surface area contributed by atoms with Crippen LogP contribution in [0.25, 0.3) is 22.6 Å². The van der Waals surface area contributed by atoms with Gasteiger partial charge in [0, 0.05) is 23.1 Å². The second-order valence-corrected chi connectivity index (χ2v) is 6.49. The molecule has 3 aromatic rings. The number of non-ortho nitro benzene ring substituents is 1. The van der Waals surface area contributed by atoms with Crippen LogP contribution >= 0.6 is 0 Å². The number of fused-ring (bicyclic) bond motifs is 2. The van der Waals surface area contributed by atoms with E-state index in [4.69, 9.17) is 4.98 Å². The van der Waals surface area contributed by atoms with Crippen molar-refractivity contribution in [3.63, 3.8) is 0 Å². The third-order valence-electron chi connectivity index (χ3n) is 4.82. The first kappa shape index (κ1) is 16.9. The van der Waals surface area contributed by atoms with E-state index in [0.29, 0.717) is 28.6 Å². The molecule has 0 saturated carbocycles. The number of aromatic nitrogens is 1. The molecule has 0 N–H and O–H groups in total. The van der Waals surface area contributed by atoms with Crippen molar-refractivity contribution in [3.05, 3.63) is 81.0 Å². The predicted octanol–water partition coefficient (Wildman–Crippen LogP) is 3.38. The summed E-state index contributed by atoms with van der Waals surface area (Å²) in [6.45, 7) is 0. The topological polar surface area (TPSA) is 96.2 Å². The molecule has 1 aliphatic carbocycles. The number of carbonyl (C=O) groups excluding carboxylic acids is 1. The van der Waals surface area contributed by atoms with Crippen molar-refractivity contribution in [1.29, 1.82) is 0 Å². The summed E-state index contributed by atoms with van der Waals surface area (Å²) in [6.07, 6.45) is 4.13. The summed E-state index contributed by atoms with van der Waals surface area (Å²) in [7, 11) is 0. The number of pyridine rings is 1. The number of para-hydroxylation sites is 1. The van der Waals surface area contributed by atoms with Crippen molar-refractivity contribution in [2.75, 3.05) is 0 Å². The van der Waals surface area contributed by atoms with Gasteiger partial charge in [0.15, 0.2) is 0 Å². The van der Waals surface area contributed by atoms with Gasteiger partial charge in [-0.3, -0.25) is 10.1 Å². The van der Waals surface area contributed by atoms with Crippen molar-refractivity contribution >= 4 is 34.2 Å². The Kier molecular flexibility index (Phi) is 4.16. The minimum atomic E-state index is -1.19. The van der Waals surface area contributed by atoms with Gasteiger partial charge in [-0.2, -0.15) is 0 Å². The number of nitrogens with zero attached hydrogens (tertiary/aromatic N) is 2. The van der Waals surface area contributed by atoms with Gasteiger partial charge in [0.1, 0.15) is 0 Å². The summed E-state index contributed by atoms with van der Waals surface area (Å²) >= 11 is 0. The molecule has 1 heterocycles. The highest BCUT2D eigenvalue weighted by Crippen LogP contribution is 2.36. The average Bonchev–Trinajstić information content (AvgIpc) is 2.66. The summed E-state index contributed by atoms with van der Waals surface area (Å²) in [4.78, 5) is 26.9. The fourth-order valence-corrected chi connectivity index (χ4v) is 3.60. The van der Waals surface area contributed by atoms with Crippen LogP contribution in [0, 0.1) is 10.1 Å². The summed E-state index contributed by atoms with van der Waals surface area (Å²) in [5, 5.41) is 23.2. The molecule has 6 nitrogen and oxygen atoms in total. The number of nitro benzene ring substituents is 1. The maximum atomic E-state index is 11.8. The molecule has 4 rings (SSSR count). The maximum Gasteiger partial charge on any atom is 0.269 e. The molecule has 0 radical (unpaired) electrons. The number of carboxylic acids is 1. The van der Waals surface area contributed by atoms with Gasteiger partial charge in [-0.15, -0.1) is 0 Å². The lowest BCUT2D eigenvalue weighted by molar-refractivity contribution is -0.384. The second kappa shape index (κ2) is 6.64. The highest BCUT2D eigenvalue weighted by molar-refractivity contribution is 6.05. The normalized spacial score (nSPS) is 14.9. The van der Waals surface area contributed by atoms with Gasteiger partial charge in [-0.1, -0.05) is 18.2 Å². The molecule has 0 unspecified atom stereocenters. The largest absolute Gasteiger partial charge is 0.545 e. The third-order valence-corrected chi connectivity index (χ3v) is 4.82. The van der Waals surface area contributed by atoms with Gasteiger partial charge in [-0.25, -0.2) is 4.98 Å². The molecule has 0 fully saturated rings. The van der Waals surface area contributed by atoms with Crippen LogP contribution in [0.2, 0.25) is 0 Å². The monoisotopic (exact) mass is 359 g/mol. The van der Waals surface area contributed by atoms with E-state index in [1.807, 2.05) is 12.1 Å². The van der Waals surface area contributed by atoms with Crippen LogP contribution in [-0.4, -0.2) is 15.9 Å². The minimum absolute atomic E-state index is 0.0320. The number of rotatable bonds is 3. The quantitative estimate of drug-likeness (QED) is 0.527. The molecule has 0 amide bonds. The van der Waals surface area contributed by atoms with Gasteiger partial charge < -0.3 is 9.90 Å². The number of nitro groups is 1. The van der Waals surface area contributed by atoms with E-state index in [2.05, 4.69) is 0 Å². The van der Waals surface area contributed by atoms with Crippen LogP contribution in [0.5, 0.6) is 0 Å². The fourth-order valence-electron chi connectivity index (χ4n) is 3.60. The summed E-state index contributed by atoms with van der Waals surface area (Å²) in [5.41, 5.74) is 3.98. The molecule has 1 aromatic heterocycles. The van der Waals surface area contributed by atoms with Crippen molar-refractivity contribution in [2.24, 2.45) is 0 Å². The van der Waals surface area contributed by atoms with Gasteiger partial charge in [0.2, 0.25) is 0 Å². The number of hydrogen-bond acceptors (Lipinski definition) is 5. The molecule has 0 saturated heterocycles. The number of hydrogen-bond donors (Lipinski definition) is 0. The van der Waals surface area contributed by atoms with E-state index in [9.17, 15) is 20.0 Å². The van der Waals surface area contributed by atoms with Crippen LogP contribution in [0.3, 0.4) is 0 Å². The Balaban J connectivity index is 1.88. The zero-order valence-electron chi connectivity index (χ0n) is 14.3. The molecular formula is C21H15N2O4-. The van der Waals surface area contributed by atoms with Gasteiger partial charge in [0.25, 0.3) is 5.69 Å². The highest BCUT2D eigenvalue weighted by atomic mass is 16.6. The molecule has 1 aliphatic rings. The molecule has 0 atom stereocenters. The number of aromatic carboxylic acids is 1. The molecule has 0 bridgehead atoms. The van der Waals surface area contributed by atoms with E-state index in [0.717, 1.165) is 24.0 Å². The molecule has 0 aliphatic heterocycles. The Labute approximate surface area is 154 Å². The average molecular weight is 359 g/mol. The van der Waals surface area contributed by atoms with E-state index < -0.39 is 10.9 Å². The van der Waals surface area contributed by atoms with E-state index >= 15 is 0 Å². The zero-order chi connectivity index (χ0) is 19.0. The van der Waals surface area contributed by atoms with E-state index in [-0.39, 0.29) is 11.3 Å². The Morgan fingerprint density at radius 2 is 1.81 bits per heavy atom. The first-order valence-corrected chi connectivity index (χ1v) is 8.63. The van der Waals surface area contributed by atoms with Crippen molar-refractivity contribution < 1.29 is 14.8 Å². The van der Waals surface area contributed by atoms with Gasteiger partial charge >= 0.3 is 0 Å². The number of carboxylic acid groups (broad SMARTS) is 1. The molecule has 0 spiro atoms. The van der Waals surface area contributed by atoms with E-state index in [1.165, 1.54) is 12.1 Å². The Morgan fingerprint density at radius 1 is 1.07 bits per heavy atom. The standard InChI is InChI=1S/C21H16N2O4/c24-21(25)19-16-5-1-2-7-18(16)22-20-14(4-3-6-17(19)20)12-13-8-10-15(11-9-13)23(26)27/h1-2,5,7-12H,3-4,6H2,(H,24,25)/p-1/b14-12+. The van der Waals surface area contributed by atoms with Crippen LogP contribution < -0.4 is 5.11 Å². The SMILES string of the molecule is O=C([O-])c1c2c(nc3ccccc13)/C(=C/c1ccc([N+](=O)[O-])cc1)CCC2. The molecule has 2 aromatic carbocycles. The smallest absolute Gasteiger partial charge is 0.269 e. The van der Waals surface area contributed by atoms with Crippen molar-refractivity contribution in [2.45, 2.75) is 19.3 Å². The number of benzene rings is 2. The van der Waals surface area contributed by atoms with Crippen LogP contribution in [0.15, 0.2) is 48.5 Å². The zero-order valence-corrected chi connectivity index (χ0v) is 14.3. The third kappa shape index (κ3) is 3.06. The molecule has 6 heteroatoms. The molecule has 27 heavy (non-hydrogen) atoms. The van der Waals surface area contributed by atoms with Gasteiger partial charge in [-0.05, 0) is 60.2 Å². The first-order valence-electron chi connectivity index (χ1n) is 8.63. The first-order chi connectivity index (χ1) is 13.0. The predicted molar refractivity (Wildman–Crippen MR) is 100.0 cm³/mol. The summed E-state index contributed by atoms with van der Waals surface area (Å²) in [6, 6.07) is 13.4. The van der Waals surface area contributed by atoms with Crippen LogP contribution in [-0.2, 0) is 6.42 Å². The Morgan fingerprint density at radius 3 is 2.52 bits per heavy atom. The van der Waals surface area contributed by atoms with E-state index in [1.54, 1.807) is 30.3 Å². The highest BCUT2D eigenvalue weighted by Gasteiger charge is 2.22. The maximum absolute atomic E-state index is 11.8. The summed E-state index contributed by atoms with van der Waals surface area (Å²) in [5.74, 6) is -1.19. The lowest BCUT2D eigenvalue weighted by Crippen LogP contribution is -2.26. The van der Waals surface area contributed by atoms with Crippen molar-refractivity contribution in [3.8, 4) is 0 Å². The Hall–Kier alpha value is -3.54. The van der Waals surface area contributed by atoms with Crippen LogP contribution in [0.4, 0.5) is 5.69 Å². The van der Waals surface area contributed by atoms with Crippen molar-refractivity contribution in [1.82, 2.24) is 4.98 Å². The molecular weight excluding hydrogens is 344 g/mol. The Bertz CT molecular complexity index is 1100. The fraction of sp³-hybridized carbons (Fsp3) is 0.143. The number of allylic oxidation sites excluding steroid dienone is 1. The second-order valence-electron chi connectivity index (χ2n) is 6.49. The lowest BCUT2D eigenvalue weighted by atomic mass is 9.86. The summed E-state index contributed by atoms with van der Waals surface area (Å²) < 4.78 is 0. The molecule has 134 valence electrons.